The second-order valence-corrected chi connectivity index (χ2v) is 3.03. The van der Waals surface area contributed by atoms with Gasteiger partial charge in [-0.15, -0.1) is 0 Å². The molecule has 0 heterocycles. The van der Waals surface area contributed by atoms with Crippen LogP contribution in [0.4, 0.5) is 0 Å². The summed E-state index contributed by atoms with van der Waals surface area (Å²) in [5.41, 5.74) is 3.41. The summed E-state index contributed by atoms with van der Waals surface area (Å²) in [6.07, 6.45) is 11.4. The largest absolute Gasteiger partial charge is 0.0991 e. The van der Waals surface area contributed by atoms with E-state index in [0.29, 0.717) is 0 Å². The highest BCUT2D eigenvalue weighted by atomic mass is 14.0. The smallest absolute Gasteiger partial charge is 0.0231 e. The first-order chi connectivity index (χ1) is 6.65. The molecule has 0 amide bonds. The van der Waals surface area contributed by atoms with Gasteiger partial charge in [0.05, 0.1) is 0 Å². The SMILES string of the molecule is C=C\C=C/C(C)=C(C=C)/C=C(/C)C=C. The van der Waals surface area contributed by atoms with E-state index >= 15 is 0 Å². The predicted octanol–water partition coefficient (Wildman–Crippen LogP) is 4.36. The van der Waals surface area contributed by atoms with E-state index in [-0.39, 0.29) is 0 Å². The van der Waals surface area contributed by atoms with Gasteiger partial charge in [-0.3, -0.25) is 0 Å². The van der Waals surface area contributed by atoms with Crippen LogP contribution >= 0.6 is 0 Å². The predicted molar refractivity (Wildman–Crippen MR) is 66.2 cm³/mol. The Hall–Kier alpha value is -1.56. The Morgan fingerprint density at radius 2 is 1.64 bits per heavy atom. The molecule has 0 rings (SSSR count). The van der Waals surface area contributed by atoms with Crippen LogP contribution in [0.25, 0.3) is 0 Å². The summed E-state index contributed by atoms with van der Waals surface area (Å²) in [4.78, 5) is 0. The van der Waals surface area contributed by atoms with Gasteiger partial charge in [-0.25, -0.2) is 0 Å². The van der Waals surface area contributed by atoms with Crippen molar-refractivity contribution in [1.29, 1.82) is 0 Å². The summed E-state index contributed by atoms with van der Waals surface area (Å²) in [5.74, 6) is 0. The van der Waals surface area contributed by atoms with Gasteiger partial charge in [0.15, 0.2) is 0 Å². The van der Waals surface area contributed by atoms with Gasteiger partial charge in [-0.1, -0.05) is 61.8 Å². The van der Waals surface area contributed by atoms with Crippen LogP contribution in [0.3, 0.4) is 0 Å². The van der Waals surface area contributed by atoms with Gasteiger partial charge in [0.2, 0.25) is 0 Å². The molecule has 0 aliphatic heterocycles. The second kappa shape index (κ2) is 6.90. The molecule has 0 unspecified atom stereocenters. The third-order valence-corrected chi connectivity index (χ3v) is 1.86. The molecule has 0 saturated carbocycles. The molecule has 0 nitrogen and oxygen atoms in total. The third kappa shape index (κ3) is 4.46. The van der Waals surface area contributed by atoms with Crippen molar-refractivity contribution in [3.8, 4) is 0 Å². The van der Waals surface area contributed by atoms with Crippen molar-refractivity contribution in [2.45, 2.75) is 13.8 Å². The van der Waals surface area contributed by atoms with Gasteiger partial charge in [0, 0.05) is 0 Å². The first-order valence-corrected chi connectivity index (χ1v) is 4.58. The van der Waals surface area contributed by atoms with Crippen LogP contribution in [0.15, 0.2) is 72.9 Å². The lowest BCUT2D eigenvalue weighted by Crippen LogP contribution is -1.79. The first kappa shape index (κ1) is 12.4. The monoisotopic (exact) mass is 186 g/mol. The van der Waals surface area contributed by atoms with Crippen LogP contribution in [-0.4, -0.2) is 0 Å². The van der Waals surface area contributed by atoms with Crippen molar-refractivity contribution in [3.05, 3.63) is 72.9 Å². The highest BCUT2D eigenvalue weighted by molar-refractivity contribution is 5.42. The first-order valence-electron chi connectivity index (χ1n) is 4.58. The van der Waals surface area contributed by atoms with Crippen molar-refractivity contribution < 1.29 is 0 Å². The molecule has 0 aromatic rings. The van der Waals surface area contributed by atoms with Crippen LogP contribution in [-0.2, 0) is 0 Å². The Labute approximate surface area is 87.3 Å². The zero-order chi connectivity index (χ0) is 11.0. The van der Waals surface area contributed by atoms with Gasteiger partial charge in [0.1, 0.15) is 0 Å². The van der Waals surface area contributed by atoms with E-state index in [1.54, 1.807) is 6.08 Å². The Kier molecular flexibility index (Phi) is 6.13. The maximum absolute atomic E-state index is 3.78. The van der Waals surface area contributed by atoms with Gasteiger partial charge in [-0.05, 0) is 25.0 Å². The summed E-state index contributed by atoms with van der Waals surface area (Å²) in [6, 6.07) is 0. The third-order valence-electron chi connectivity index (χ3n) is 1.86. The Bertz CT molecular complexity index is 309. The minimum atomic E-state index is 1.11. The lowest BCUT2D eigenvalue weighted by Gasteiger charge is -1.99. The molecule has 0 heteroatoms. The van der Waals surface area contributed by atoms with Gasteiger partial charge < -0.3 is 0 Å². The van der Waals surface area contributed by atoms with Crippen LogP contribution in [0.2, 0.25) is 0 Å². The van der Waals surface area contributed by atoms with E-state index in [1.807, 2.05) is 38.2 Å². The molecule has 0 spiro atoms. The molecule has 0 saturated heterocycles. The summed E-state index contributed by atoms with van der Waals surface area (Å²) >= 11 is 0. The topological polar surface area (TPSA) is 0 Å². The molecule has 0 aromatic heterocycles. The number of hydrogen-bond donors (Lipinski definition) is 0. The summed E-state index contributed by atoms with van der Waals surface area (Å²) in [5, 5.41) is 0. The molecule has 0 aliphatic carbocycles. The molecular formula is C14H18. The molecule has 0 fully saturated rings. The molecule has 0 bridgehead atoms. The molecule has 74 valence electrons. The van der Waals surface area contributed by atoms with Crippen molar-refractivity contribution in [2.75, 3.05) is 0 Å². The molecule has 14 heavy (non-hydrogen) atoms. The van der Waals surface area contributed by atoms with Crippen molar-refractivity contribution in [1.82, 2.24) is 0 Å². The maximum Gasteiger partial charge on any atom is -0.0231 e. The molecule has 0 aliphatic rings. The average Bonchev–Trinajstić information content (AvgIpc) is 2.21. The minimum Gasteiger partial charge on any atom is -0.0991 e. The van der Waals surface area contributed by atoms with E-state index < -0.39 is 0 Å². The summed E-state index contributed by atoms with van der Waals surface area (Å²) in [6.45, 7) is 15.2. The zero-order valence-electron chi connectivity index (χ0n) is 9.09. The van der Waals surface area contributed by atoms with Crippen LogP contribution < -0.4 is 0 Å². The van der Waals surface area contributed by atoms with E-state index in [9.17, 15) is 0 Å². The molecule has 0 radical (unpaired) electrons. The molecule has 0 aromatic carbocycles. The Balaban J connectivity index is 5.03. The zero-order valence-corrected chi connectivity index (χ0v) is 9.09. The lowest BCUT2D eigenvalue weighted by atomic mass is 10.1. The molecular weight excluding hydrogens is 168 g/mol. The van der Waals surface area contributed by atoms with Crippen molar-refractivity contribution in [2.24, 2.45) is 0 Å². The van der Waals surface area contributed by atoms with E-state index in [2.05, 4.69) is 25.8 Å². The Morgan fingerprint density at radius 1 is 1.00 bits per heavy atom. The fourth-order valence-corrected chi connectivity index (χ4v) is 0.947. The van der Waals surface area contributed by atoms with Crippen molar-refractivity contribution >= 4 is 0 Å². The van der Waals surface area contributed by atoms with Crippen LogP contribution in [0, 0.1) is 0 Å². The molecule has 0 N–H and O–H groups in total. The maximum atomic E-state index is 3.78. The minimum absolute atomic E-state index is 1.11. The number of rotatable bonds is 5. The Morgan fingerprint density at radius 3 is 2.07 bits per heavy atom. The molecule has 0 atom stereocenters. The average molecular weight is 186 g/mol. The summed E-state index contributed by atoms with van der Waals surface area (Å²) in [7, 11) is 0. The van der Waals surface area contributed by atoms with E-state index in [1.165, 1.54) is 5.57 Å². The van der Waals surface area contributed by atoms with Gasteiger partial charge in [-0.2, -0.15) is 0 Å². The van der Waals surface area contributed by atoms with Gasteiger partial charge in [0.25, 0.3) is 0 Å². The van der Waals surface area contributed by atoms with Gasteiger partial charge >= 0.3 is 0 Å². The normalized spacial score (nSPS) is 13.7. The van der Waals surface area contributed by atoms with Crippen LogP contribution in [0.5, 0.6) is 0 Å². The van der Waals surface area contributed by atoms with Crippen molar-refractivity contribution in [3.63, 3.8) is 0 Å². The van der Waals surface area contributed by atoms with E-state index in [4.69, 9.17) is 0 Å². The van der Waals surface area contributed by atoms with E-state index in [0.717, 1.165) is 11.1 Å². The second-order valence-electron chi connectivity index (χ2n) is 3.03. The summed E-state index contributed by atoms with van der Waals surface area (Å²) < 4.78 is 0. The fraction of sp³-hybridized carbons (Fsp3) is 0.143. The quantitative estimate of drug-likeness (QED) is 0.559. The number of allylic oxidation sites excluding steroid dienone is 9. The standard InChI is InChI=1S/C14H18/c1-6-9-10-13(5)14(8-3)11-12(4)7-2/h6-11H,1-3H2,4-5H3/b10-9-,12-11-,14-13+. The lowest BCUT2D eigenvalue weighted by molar-refractivity contribution is 1.41. The highest BCUT2D eigenvalue weighted by Gasteiger charge is 1.91. The van der Waals surface area contributed by atoms with Crippen LogP contribution in [0.1, 0.15) is 13.8 Å². The number of hydrogen-bond acceptors (Lipinski definition) is 0. The highest BCUT2D eigenvalue weighted by Crippen LogP contribution is 2.11. The fourth-order valence-electron chi connectivity index (χ4n) is 0.947.